The zero-order valence-electron chi connectivity index (χ0n) is 19.2. The fourth-order valence-electron chi connectivity index (χ4n) is 3.62. The van der Waals surface area contributed by atoms with Gasteiger partial charge in [0.1, 0.15) is 11.5 Å². The summed E-state index contributed by atoms with van der Waals surface area (Å²) in [5, 5.41) is 7.01. The Morgan fingerprint density at radius 1 is 0.778 bits per heavy atom. The van der Waals surface area contributed by atoms with E-state index in [0.717, 1.165) is 16.5 Å². The molecule has 0 saturated heterocycles. The van der Waals surface area contributed by atoms with Crippen LogP contribution in [-0.2, 0) is 0 Å². The van der Waals surface area contributed by atoms with E-state index in [1.54, 1.807) is 54.9 Å². The monoisotopic (exact) mass is 492 g/mol. The summed E-state index contributed by atoms with van der Waals surface area (Å²) < 4.78 is 0. The average Bonchev–Trinajstić information content (AvgIpc) is 2.93. The highest BCUT2D eigenvalue weighted by Crippen LogP contribution is 2.25. The van der Waals surface area contributed by atoms with Gasteiger partial charge in [0, 0.05) is 35.1 Å². The summed E-state index contributed by atoms with van der Waals surface area (Å²) in [5.74, 6) is -0.177. The number of amides is 2. The van der Waals surface area contributed by atoms with Crippen LogP contribution in [0.2, 0.25) is 0 Å². The minimum atomic E-state index is -0.288. The number of carbonyl (C=O) groups is 2. The highest BCUT2D eigenvalue weighted by atomic mass is 32.2. The lowest BCUT2D eigenvalue weighted by Gasteiger charge is -2.10. The first-order valence-corrected chi connectivity index (χ1v) is 12.2. The molecule has 176 valence electrons. The number of hydrogen-bond acceptors (Lipinski definition) is 7. The maximum Gasteiger partial charge on any atom is 0.274 e. The van der Waals surface area contributed by atoms with Crippen LogP contribution in [0, 0.1) is 0 Å². The van der Waals surface area contributed by atoms with Crippen molar-refractivity contribution in [3.63, 3.8) is 0 Å². The van der Waals surface area contributed by atoms with Gasteiger partial charge in [0.05, 0.1) is 16.8 Å². The van der Waals surface area contributed by atoms with Crippen LogP contribution in [0.1, 0.15) is 20.8 Å². The van der Waals surface area contributed by atoms with Crippen molar-refractivity contribution in [1.82, 2.24) is 19.9 Å². The molecule has 0 aliphatic carbocycles. The molecule has 0 radical (unpaired) electrons. The molecule has 0 aliphatic rings. The Bertz CT molecular complexity index is 1550. The van der Waals surface area contributed by atoms with Crippen LogP contribution in [-0.4, -0.2) is 38.0 Å². The van der Waals surface area contributed by atoms with E-state index in [2.05, 4.69) is 30.6 Å². The van der Waals surface area contributed by atoms with Crippen LogP contribution in [0.5, 0.6) is 0 Å². The van der Waals surface area contributed by atoms with Gasteiger partial charge in [0.25, 0.3) is 11.8 Å². The third-order valence-electron chi connectivity index (χ3n) is 5.36. The number of rotatable bonds is 6. The minimum absolute atomic E-state index is 0.280. The van der Waals surface area contributed by atoms with E-state index in [1.807, 2.05) is 42.7 Å². The Labute approximate surface area is 211 Å². The molecule has 9 heteroatoms. The third-order valence-corrected chi connectivity index (χ3v) is 5.91. The number of nitrogens with zero attached hydrogens (tertiary/aromatic N) is 4. The van der Waals surface area contributed by atoms with Gasteiger partial charge in [-0.05, 0) is 42.7 Å². The lowest BCUT2D eigenvalue weighted by atomic mass is 10.1. The van der Waals surface area contributed by atoms with Crippen LogP contribution in [0.4, 0.5) is 11.5 Å². The number of para-hydroxylation sites is 1. The molecule has 2 amide bonds. The van der Waals surface area contributed by atoms with Gasteiger partial charge in [0.2, 0.25) is 0 Å². The van der Waals surface area contributed by atoms with Gasteiger partial charge in [-0.3, -0.25) is 19.6 Å². The standard InChI is InChI=1S/C27H20N6O2S/c1-36-27-31-23(17-9-11-18(12-10-17)30-26(35)22-8-4-5-14-28-22)16-24(33-27)32-25(34)20-13-15-29-21-7-3-2-6-19(20)21/h2-16H,1H3,(H,30,35)(H,31,32,33,34). The number of aromatic nitrogens is 4. The van der Waals surface area contributed by atoms with Gasteiger partial charge in [-0.1, -0.05) is 48.2 Å². The zero-order valence-corrected chi connectivity index (χ0v) is 20.0. The Kier molecular flexibility index (Phi) is 6.63. The number of nitrogens with one attached hydrogen (secondary N) is 2. The molecular formula is C27H20N6O2S. The van der Waals surface area contributed by atoms with E-state index in [9.17, 15) is 9.59 Å². The number of pyridine rings is 2. The van der Waals surface area contributed by atoms with E-state index in [1.165, 1.54) is 11.8 Å². The molecule has 0 spiro atoms. The van der Waals surface area contributed by atoms with Crippen molar-refractivity contribution < 1.29 is 9.59 Å². The minimum Gasteiger partial charge on any atom is -0.321 e. The maximum atomic E-state index is 13.1. The number of anilines is 2. The van der Waals surface area contributed by atoms with Crippen molar-refractivity contribution in [2.24, 2.45) is 0 Å². The van der Waals surface area contributed by atoms with E-state index in [4.69, 9.17) is 0 Å². The largest absolute Gasteiger partial charge is 0.321 e. The summed E-state index contributed by atoms with van der Waals surface area (Å²) in [4.78, 5) is 42.9. The summed E-state index contributed by atoms with van der Waals surface area (Å²) in [7, 11) is 0. The quantitative estimate of drug-likeness (QED) is 0.244. The van der Waals surface area contributed by atoms with Crippen molar-refractivity contribution in [2.45, 2.75) is 5.16 Å². The Morgan fingerprint density at radius 2 is 1.58 bits per heavy atom. The smallest absolute Gasteiger partial charge is 0.274 e. The number of fused-ring (bicyclic) bond motifs is 1. The number of thioether (sulfide) groups is 1. The fourth-order valence-corrected chi connectivity index (χ4v) is 4.00. The molecule has 2 N–H and O–H groups in total. The first-order chi connectivity index (χ1) is 17.6. The third kappa shape index (κ3) is 5.06. The summed E-state index contributed by atoms with van der Waals surface area (Å²) in [6, 6.07) is 23.3. The van der Waals surface area contributed by atoms with E-state index < -0.39 is 0 Å². The molecule has 3 aromatic heterocycles. The summed E-state index contributed by atoms with van der Waals surface area (Å²) >= 11 is 1.38. The maximum absolute atomic E-state index is 13.1. The Hall–Kier alpha value is -4.63. The van der Waals surface area contributed by atoms with Crippen molar-refractivity contribution in [1.29, 1.82) is 0 Å². The molecule has 0 bridgehead atoms. The van der Waals surface area contributed by atoms with Crippen molar-refractivity contribution in [2.75, 3.05) is 16.9 Å². The van der Waals surface area contributed by atoms with Gasteiger partial charge < -0.3 is 10.6 Å². The van der Waals surface area contributed by atoms with Gasteiger partial charge in [-0.25, -0.2) is 9.97 Å². The van der Waals surface area contributed by atoms with Crippen LogP contribution >= 0.6 is 11.8 Å². The van der Waals surface area contributed by atoms with Crippen molar-refractivity contribution in [3.8, 4) is 11.3 Å². The second-order valence-corrected chi connectivity index (χ2v) is 8.47. The average molecular weight is 493 g/mol. The predicted molar refractivity (Wildman–Crippen MR) is 141 cm³/mol. The lowest BCUT2D eigenvalue weighted by molar-refractivity contribution is 0.101. The van der Waals surface area contributed by atoms with Crippen LogP contribution in [0.3, 0.4) is 0 Å². The molecule has 8 nitrogen and oxygen atoms in total. The van der Waals surface area contributed by atoms with Crippen LogP contribution < -0.4 is 10.6 Å². The Balaban J connectivity index is 1.38. The number of hydrogen-bond donors (Lipinski definition) is 2. The Morgan fingerprint density at radius 3 is 2.36 bits per heavy atom. The SMILES string of the molecule is CSc1nc(NC(=O)c2ccnc3ccccc23)cc(-c2ccc(NC(=O)c3ccccn3)cc2)n1. The highest BCUT2D eigenvalue weighted by molar-refractivity contribution is 7.98. The molecular weight excluding hydrogens is 472 g/mol. The molecule has 0 atom stereocenters. The van der Waals surface area contributed by atoms with Crippen molar-refractivity contribution in [3.05, 3.63) is 103 Å². The molecule has 36 heavy (non-hydrogen) atoms. The molecule has 0 unspecified atom stereocenters. The second-order valence-electron chi connectivity index (χ2n) is 7.70. The molecule has 5 rings (SSSR count). The van der Waals surface area contributed by atoms with Crippen molar-refractivity contribution >= 4 is 46.0 Å². The fraction of sp³-hybridized carbons (Fsp3) is 0.0370. The number of benzene rings is 2. The highest BCUT2D eigenvalue weighted by Gasteiger charge is 2.14. The molecule has 2 aromatic carbocycles. The van der Waals surface area contributed by atoms with E-state index >= 15 is 0 Å². The van der Waals surface area contributed by atoms with Crippen LogP contribution in [0.25, 0.3) is 22.2 Å². The van der Waals surface area contributed by atoms with Gasteiger partial charge in [-0.2, -0.15) is 0 Å². The molecule has 5 aromatic rings. The molecule has 0 aliphatic heterocycles. The first-order valence-electron chi connectivity index (χ1n) is 11.0. The van der Waals surface area contributed by atoms with Gasteiger partial charge >= 0.3 is 0 Å². The van der Waals surface area contributed by atoms with Gasteiger partial charge in [0.15, 0.2) is 5.16 Å². The number of carbonyl (C=O) groups excluding carboxylic acids is 2. The second kappa shape index (κ2) is 10.3. The summed E-state index contributed by atoms with van der Waals surface area (Å²) in [6.45, 7) is 0. The molecule has 0 fully saturated rings. The van der Waals surface area contributed by atoms with E-state index in [-0.39, 0.29) is 11.8 Å². The normalized spacial score (nSPS) is 10.7. The topological polar surface area (TPSA) is 110 Å². The molecule has 0 saturated carbocycles. The first kappa shape index (κ1) is 23.1. The summed E-state index contributed by atoms with van der Waals surface area (Å²) in [6.07, 6.45) is 5.06. The molecule has 3 heterocycles. The van der Waals surface area contributed by atoms with Crippen LogP contribution in [0.15, 0.2) is 96.4 Å². The zero-order chi connectivity index (χ0) is 24.9. The van der Waals surface area contributed by atoms with Gasteiger partial charge in [-0.15, -0.1) is 0 Å². The lowest BCUT2D eigenvalue weighted by Crippen LogP contribution is -2.14. The predicted octanol–water partition coefficient (Wildman–Crippen LogP) is 5.31. The summed E-state index contributed by atoms with van der Waals surface area (Å²) in [5.41, 5.74) is 3.68. The van der Waals surface area contributed by atoms with E-state index in [0.29, 0.717) is 33.6 Å².